The SMILES string of the molecule is CC[C@H](C)N(CC(=O)Nc1cccc(C)c1C)C(=O)COC(=O)c1cc(C)oc1C. The van der Waals surface area contributed by atoms with Gasteiger partial charge in [0.25, 0.3) is 5.91 Å². The van der Waals surface area contributed by atoms with E-state index in [9.17, 15) is 14.4 Å². The number of aryl methyl sites for hydroxylation is 3. The third-order valence-corrected chi connectivity index (χ3v) is 5.22. The molecule has 0 spiro atoms. The van der Waals surface area contributed by atoms with Crippen LogP contribution >= 0.6 is 0 Å². The van der Waals surface area contributed by atoms with E-state index in [-0.39, 0.29) is 18.5 Å². The van der Waals surface area contributed by atoms with Crippen molar-refractivity contribution >= 4 is 23.5 Å². The van der Waals surface area contributed by atoms with Crippen LogP contribution in [0.25, 0.3) is 0 Å². The molecule has 0 fully saturated rings. The number of ether oxygens (including phenoxy) is 1. The van der Waals surface area contributed by atoms with Gasteiger partial charge in [-0.05, 0) is 64.3 Å². The summed E-state index contributed by atoms with van der Waals surface area (Å²) in [6, 6.07) is 7.06. The third kappa shape index (κ3) is 5.72. The second-order valence-electron chi connectivity index (χ2n) is 7.48. The van der Waals surface area contributed by atoms with Gasteiger partial charge in [0.05, 0.1) is 0 Å². The van der Waals surface area contributed by atoms with Crippen LogP contribution in [0.5, 0.6) is 0 Å². The average molecular weight is 415 g/mol. The molecule has 1 atom stereocenters. The Morgan fingerprint density at radius 2 is 1.87 bits per heavy atom. The summed E-state index contributed by atoms with van der Waals surface area (Å²) in [4.78, 5) is 39.0. The van der Waals surface area contributed by atoms with Gasteiger partial charge in [-0.2, -0.15) is 0 Å². The van der Waals surface area contributed by atoms with E-state index in [2.05, 4.69) is 5.32 Å². The van der Waals surface area contributed by atoms with Gasteiger partial charge >= 0.3 is 5.97 Å². The van der Waals surface area contributed by atoms with Crippen molar-refractivity contribution in [3.63, 3.8) is 0 Å². The van der Waals surface area contributed by atoms with Gasteiger partial charge < -0.3 is 19.4 Å². The summed E-state index contributed by atoms with van der Waals surface area (Å²) in [6.07, 6.45) is 0.663. The summed E-state index contributed by atoms with van der Waals surface area (Å²) in [5, 5.41) is 2.86. The predicted molar refractivity (Wildman–Crippen MR) is 114 cm³/mol. The molecular formula is C23H30N2O5. The fraction of sp³-hybridized carbons (Fsp3) is 0.435. The highest BCUT2D eigenvalue weighted by molar-refractivity contribution is 5.96. The van der Waals surface area contributed by atoms with Crippen molar-refractivity contribution < 1.29 is 23.5 Å². The number of hydrogen-bond acceptors (Lipinski definition) is 5. The Kier molecular flexibility index (Phi) is 7.80. The zero-order valence-electron chi connectivity index (χ0n) is 18.5. The molecule has 1 aromatic heterocycles. The molecule has 2 amide bonds. The molecule has 1 heterocycles. The number of rotatable bonds is 8. The first-order valence-corrected chi connectivity index (χ1v) is 10.0. The predicted octanol–water partition coefficient (Wildman–Crippen LogP) is 3.94. The number of anilines is 1. The van der Waals surface area contributed by atoms with E-state index in [0.717, 1.165) is 11.1 Å². The van der Waals surface area contributed by atoms with Crippen LogP contribution in [0.2, 0.25) is 0 Å². The Labute approximate surface area is 177 Å². The van der Waals surface area contributed by atoms with Gasteiger partial charge in [0.15, 0.2) is 6.61 Å². The van der Waals surface area contributed by atoms with Gasteiger partial charge in [0, 0.05) is 11.7 Å². The van der Waals surface area contributed by atoms with Crippen molar-refractivity contribution in [2.45, 2.75) is 54.0 Å². The zero-order valence-corrected chi connectivity index (χ0v) is 18.5. The van der Waals surface area contributed by atoms with Crippen LogP contribution in [0.15, 0.2) is 28.7 Å². The monoisotopic (exact) mass is 414 g/mol. The van der Waals surface area contributed by atoms with Crippen LogP contribution in [0.3, 0.4) is 0 Å². The highest BCUT2D eigenvalue weighted by Crippen LogP contribution is 2.18. The first-order valence-electron chi connectivity index (χ1n) is 10.0. The molecule has 0 aliphatic heterocycles. The van der Waals surface area contributed by atoms with Crippen molar-refractivity contribution in [1.82, 2.24) is 4.90 Å². The number of benzene rings is 1. The molecule has 7 nitrogen and oxygen atoms in total. The van der Waals surface area contributed by atoms with Crippen LogP contribution in [0.1, 0.15) is 53.3 Å². The molecule has 0 saturated carbocycles. The molecular weight excluding hydrogens is 384 g/mol. The summed E-state index contributed by atoms with van der Waals surface area (Å²) >= 11 is 0. The number of esters is 1. The largest absolute Gasteiger partial charge is 0.466 e. The van der Waals surface area contributed by atoms with E-state index >= 15 is 0 Å². The molecule has 0 radical (unpaired) electrons. The number of furan rings is 1. The Bertz CT molecular complexity index is 932. The minimum atomic E-state index is -0.623. The van der Waals surface area contributed by atoms with E-state index in [1.807, 2.05) is 45.9 Å². The lowest BCUT2D eigenvalue weighted by Crippen LogP contribution is -2.45. The van der Waals surface area contributed by atoms with E-state index in [0.29, 0.717) is 29.2 Å². The highest BCUT2D eigenvalue weighted by Gasteiger charge is 2.24. The first kappa shape index (κ1) is 23.2. The Hall–Kier alpha value is -3.09. The summed E-state index contributed by atoms with van der Waals surface area (Å²) < 4.78 is 10.5. The standard InChI is InChI=1S/C23H30N2O5/c1-7-15(3)25(12-21(26)24-20-10-8-9-14(2)17(20)5)22(27)13-29-23(28)19-11-16(4)30-18(19)6/h8-11,15H,7,12-13H2,1-6H3,(H,24,26)/t15-/m0/s1. The van der Waals surface area contributed by atoms with Gasteiger partial charge in [-0.3, -0.25) is 9.59 Å². The molecule has 1 N–H and O–H groups in total. The Balaban J connectivity index is 2.02. The van der Waals surface area contributed by atoms with Crippen molar-refractivity contribution in [1.29, 1.82) is 0 Å². The molecule has 0 aliphatic carbocycles. The van der Waals surface area contributed by atoms with Gasteiger partial charge in [-0.1, -0.05) is 19.1 Å². The lowest BCUT2D eigenvalue weighted by atomic mass is 10.1. The van der Waals surface area contributed by atoms with E-state index in [4.69, 9.17) is 9.15 Å². The van der Waals surface area contributed by atoms with Crippen molar-refractivity contribution in [3.8, 4) is 0 Å². The number of nitrogens with one attached hydrogen (secondary N) is 1. The van der Waals surface area contributed by atoms with Crippen molar-refractivity contribution in [3.05, 3.63) is 52.5 Å². The van der Waals surface area contributed by atoms with Gasteiger partial charge in [-0.15, -0.1) is 0 Å². The topological polar surface area (TPSA) is 88.9 Å². The van der Waals surface area contributed by atoms with Gasteiger partial charge in [0.1, 0.15) is 23.6 Å². The van der Waals surface area contributed by atoms with Crippen molar-refractivity contribution in [2.75, 3.05) is 18.5 Å². The molecule has 2 aromatic rings. The molecule has 1 aromatic carbocycles. The number of nitrogens with zero attached hydrogens (tertiary/aromatic N) is 1. The molecule has 0 bridgehead atoms. The molecule has 0 unspecified atom stereocenters. The number of carbonyl (C=O) groups is 3. The number of hydrogen-bond donors (Lipinski definition) is 1. The zero-order chi connectivity index (χ0) is 22.4. The average Bonchev–Trinajstić information content (AvgIpc) is 3.05. The molecule has 0 saturated heterocycles. The molecule has 7 heteroatoms. The fourth-order valence-electron chi connectivity index (χ4n) is 3.06. The minimum absolute atomic E-state index is 0.122. The summed E-state index contributed by atoms with van der Waals surface area (Å²) in [7, 11) is 0. The smallest absolute Gasteiger partial charge is 0.342 e. The molecule has 30 heavy (non-hydrogen) atoms. The lowest BCUT2D eigenvalue weighted by Gasteiger charge is -2.28. The van der Waals surface area contributed by atoms with Crippen LogP contribution in [0, 0.1) is 27.7 Å². The summed E-state index contributed by atoms with van der Waals surface area (Å²) in [5.41, 5.74) is 3.06. The first-order chi connectivity index (χ1) is 14.1. The van der Waals surface area contributed by atoms with Crippen LogP contribution in [-0.4, -0.2) is 41.9 Å². The molecule has 162 valence electrons. The molecule has 2 rings (SSSR count). The second kappa shape index (κ2) is 10.1. The third-order valence-electron chi connectivity index (χ3n) is 5.22. The van der Waals surface area contributed by atoms with E-state index in [1.54, 1.807) is 19.9 Å². The van der Waals surface area contributed by atoms with Gasteiger partial charge in [0.2, 0.25) is 5.91 Å². The maximum Gasteiger partial charge on any atom is 0.342 e. The number of amides is 2. The minimum Gasteiger partial charge on any atom is -0.466 e. The van der Waals surface area contributed by atoms with E-state index < -0.39 is 18.5 Å². The summed E-state index contributed by atoms with van der Waals surface area (Å²) in [6.45, 7) is 10.5. The van der Waals surface area contributed by atoms with Crippen LogP contribution in [-0.2, 0) is 14.3 Å². The Morgan fingerprint density at radius 3 is 2.47 bits per heavy atom. The summed E-state index contributed by atoms with van der Waals surface area (Å²) in [5.74, 6) is -0.315. The fourth-order valence-corrected chi connectivity index (χ4v) is 3.06. The van der Waals surface area contributed by atoms with E-state index in [1.165, 1.54) is 4.90 Å². The quantitative estimate of drug-likeness (QED) is 0.661. The van der Waals surface area contributed by atoms with Gasteiger partial charge in [-0.25, -0.2) is 4.79 Å². The van der Waals surface area contributed by atoms with Crippen molar-refractivity contribution in [2.24, 2.45) is 0 Å². The maximum atomic E-state index is 12.7. The highest BCUT2D eigenvalue weighted by atomic mass is 16.5. The normalized spacial score (nSPS) is 11.7. The molecule has 0 aliphatic rings. The van der Waals surface area contributed by atoms with Crippen LogP contribution < -0.4 is 5.32 Å². The lowest BCUT2D eigenvalue weighted by molar-refractivity contribution is -0.139. The Morgan fingerprint density at radius 1 is 1.17 bits per heavy atom. The number of carbonyl (C=O) groups excluding carboxylic acids is 3. The van der Waals surface area contributed by atoms with Crippen LogP contribution in [0.4, 0.5) is 5.69 Å². The maximum absolute atomic E-state index is 12.7. The second-order valence-corrected chi connectivity index (χ2v) is 7.48.